The van der Waals surface area contributed by atoms with Gasteiger partial charge in [-0.15, -0.1) is 0 Å². The third-order valence-electron chi connectivity index (χ3n) is 2.83. The van der Waals surface area contributed by atoms with Crippen LogP contribution in [0.4, 0.5) is 10.1 Å². The molecule has 2 nitrogen and oxygen atoms in total. The SMILES string of the molecule is Cc1cc(CNc2c(C)cc(Cl)nc2Cl)ccc1F. The zero-order valence-electron chi connectivity index (χ0n) is 10.6. The zero-order chi connectivity index (χ0) is 14.0. The number of hydrogen-bond acceptors (Lipinski definition) is 2. The maximum atomic E-state index is 13.2. The van der Waals surface area contributed by atoms with Crippen LogP contribution in [0.15, 0.2) is 24.3 Å². The van der Waals surface area contributed by atoms with Gasteiger partial charge in [-0.25, -0.2) is 9.37 Å². The normalized spacial score (nSPS) is 10.6. The minimum absolute atomic E-state index is 0.203. The van der Waals surface area contributed by atoms with Crippen molar-refractivity contribution in [1.82, 2.24) is 4.98 Å². The fourth-order valence-corrected chi connectivity index (χ4v) is 2.41. The molecule has 0 saturated heterocycles. The molecule has 0 unspecified atom stereocenters. The van der Waals surface area contributed by atoms with Crippen LogP contribution in [0.2, 0.25) is 10.3 Å². The monoisotopic (exact) mass is 298 g/mol. The molecule has 0 spiro atoms. The first kappa shape index (κ1) is 14.1. The molecule has 0 fully saturated rings. The summed E-state index contributed by atoms with van der Waals surface area (Å²) in [5.41, 5.74) is 3.26. The Labute approximate surface area is 121 Å². The summed E-state index contributed by atoms with van der Waals surface area (Å²) < 4.78 is 13.2. The molecule has 1 N–H and O–H groups in total. The number of nitrogens with zero attached hydrogens (tertiary/aromatic N) is 1. The van der Waals surface area contributed by atoms with E-state index in [2.05, 4.69) is 10.3 Å². The van der Waals surface area contributed by atoms with Gasteiger partial charge in [0.2, 0.25) is 0 Å². The maximum Gasteiger partial charge on any atom is 0.154 e. The van der Waals surface area contributed by atoms with E-state index in [1.165, 1.54) is 6.07 Å². The first-order valence-electron chi connectivity index (χ1n) is 5.79. The Morgan fingerprint density at radius 1 is 1.16 bits per heavy atom. The Morgan fingerprint density at radius 3 is 2.53 bits per heavy atom. The van der Waals surface area contributed by atoms with Crippen molar-refractivity contribution in [2.75, 3.05) is 5.32 Å². The summed E-state index contributed by atoms with van der Waals surface area (Å²) in [4.78, 5) is 3.99. The topological polar surface area (TPSA) is 24.9 Å². The highest BCUT2D eigenvalue weighted by molar-refractivity contribution is 6.34. The van der Waals surface area contributed by atoms with E-state index in [1.54, 1.807) is 25.1 Å². The molecule has 0 atom stereocenters. The van der Waals surface area contributed by atoms with Gasteiger partial charge < -0.3 is 5.32 Å². The molecule has 0 saturated carbocycles. The standard InChI is InChI=1S/C14H13Cl2FN2/c1-8-5-10(3-4-11(8)17)7-18-13-9(2)6-12(15)19-14(13)16/h3-6,18H,7H2,1-2H3. The van der Waals surface area contributed by atoms with E-state index in [0.717, 1.165) is 16.8 Å². The lowest BCUT2D eigenvalue weighted by Gasteiger charge is -2.12. The van der Waals surface area contributed by atoms with E-state index in [9.17, 15) is 4.39 Å². The van der Waals surface area contributed by atoms with Crippen molar-refractivity contribution in [3.8, 4) is 0 Å². The van der Waals surface area contributed by atoms with Crippen molar-refractivity contribution >= 4 is 28.9 Å². The number of halogens is 3. The number of anilines is 1. The minimum Gasteiger partial charge on any atom is -0.378 e. The smallest absolute Gasteiger partial charge is 0.154 e. The van der Waals surface area contributed by atoms with Gasteiger partial charge in [0.05, 0.1) is 5.69 Å². The fraction of sp³-hybridized carbons (Fsp3) is 0.214. The lowest BCUT2D eigenvalue weighted by atomic mass is 10.1. The number of aryl methyl sites for hydroxylation is 2. The molecule has 2 rings (SSSR count). The molecule has 0 bridgehead atoms. The van der Waals surface area contributed by atoms with Crippen LogP contribution in [0.1, 0.15) is 16.7 Å². The van der Waals surface area contributed by atoms with E-state index in [0.29, 0.717) is 22.4 Å². The van der Waals surface area contributed by atoms with Crippen molar-refractivity contribution in [3.05, 3.63) is 57.1 Å². The number of pyridine rings is 1. The third-order valence-corrected chi connectivity index (χ3v) is 3.30. The molecule has 0 aliphatic rings. The Hall–Kier alpha value is -1.32. The number of hydrogen-bond donors (Lipinski definition) is 1. The van der Waals surface area contributed by atoms with Crippen LogP contribution in [0.25, 0.3) is 0 Å². The first-order chi connectivity index (χ1) is 8.97. The molecule has 19 heavy (non-hydrogen) atoms. The van der Waals surface area contributed by atoms with Gasteiger partial charge in [0.1, 0.15) is 11.0 Å². The second-order valence-electron chi connectivity index (χ2n) is 4.36. The molecule has 1 heterocycles. The van der Waals surface area contributed by atoms with E-state index in [1.807, 2.05) is 6.92 Å². The van der Waals surface area contributed by atoms with E-state index >= 15 is 0 Å². The van der Waals surface area contributed by atoms with E-state index < -0.39 is 0 Å². The molecule has 1 aromatic heterocycles. The second kappa shape index (κ2) is 5.76. The lowest BCUT2D eigenvalue weighted by molar-refractivity contribution is 0.617. The van der Waals surface area contributed by atoms with Crippen molar-refractivity contribution in [2.45, 2.75) is 20.4 Å². The second-order valence-corrected chi connectivity index (χ2v) is 5.11. The third kappa shape index (κ3) is 3.37. The highest BCUT2D eigenvalue weighted by atomic mass is 35.5. The summed E-state index contributed by atoms with van der Waals surface area (Å²) >= 11 is 11.9. The summed E-state index contributed by atoms with van der Waals surface area (Å²) in [5, 5.41) is 3.90. The van der Waals surface area contributed by atoms with Gasteiger partial charge in [0, 0.05) is 6.54 Å². The van der Waals surface area contributed by atoms with Crippen LogP contribution in [0, 0.1) is 19.7 Å². The average molecular weight is 299 g/mol. The molecule has 0 aliphatic heterocycles. The predicted octanol–water partition coefficient (Wildman–Crippen LogP) is 4.76. The molecule has 0 aliphatic carbocycles. The Bertz CT molecular complexity index is 591. The van der Waals surface area contributed by atoms with Crippen molar-refractivity contribution < 1.29 is 4.39 Å². The molecular weight excluding hydrogens is 286 g/mol. The largest absolute Gasteiger partial charge is 0.378 e. The molecule has 5 heteroatoms. The summed E-state index contributed by atoms with van der Waals surface area (Å²) in [6, 6.07) is 6.74. The van der Waals surface area contributed by atoms with Gasteiger partial charge in [-0.05, 0) is 42.7 Å². The van der Waals surface area contributed by atoms with Gasteiger partial charge >= 0.3 is 0 Å². The summed E-state index contributed by atoms with van der Waals surface area (Å²) in [5.74, 6) is -0.203. The van der Waals surface area contributed by atoms with Gasteiger partial charge in [-0.2, -0.15) is 0 Å². The maximum absolute atomic E-state index is 13.2. The van der Waals surface area contributed by atoms with Crippen LogP contribution in [0.3, 0.4) is 0 Å². The Morgan fingerprint density at radius 2 is 1.89 bits per heavy atom. The number of rotatable bonds is 3. The zero-order valence-corrected chi connectivity index (χ0v) is 12.1. The van der Waals surface area contributed by atoms with Crippen molar-refractivity contribution in [2.24, 2.45) is 0 Å². The average Bonchev–Trinajstić information content (AvgIpc) is 2.32. The number of benzene rings is 1. The Balaban J connectivity index is 2.16. The minimum atomic E-state index is -0.203. The predicted molar refractivity (Wildman–Crippen MR) is 77.5 cm³/mol. The van der Waals surface area contributed by atoms with Gasteiger partial charge in [0.25, 0.3) is 0 Å². The fourth-order valence-electron chi connectivity index (χ4n) is 1.82. The quantitative estimate of drug-likeness (QED) is 0.827. The van der Waals surface area contributed by atoms with Crippen molar-refractivity contribution in [1.29, 1.82) is 0 Å². The molecule has 100 valence electrons. The highest BCUT2D eigenvalue weighted by Crippen LogP contribution is 2.27. The summed E-state index contributed by atoms with van der Waals surface area (Å²) in [6.07, 6.45) is 0. The molecule has 2 aromatic rings. The van der Waals surface area contributed by atoms with Crippen LogP contribution in [0.5, 0.6) is 0 Å². The number of nitrogens with one attached hydrogen (secondary N) is 1. The van der Waals surface area contributed by atoms with Gasteiger partial charge in [-0.3, -0.25) is 0 Å². The molecule has 0 radical (unpaired) electrons. The number of aromatic nitrogens is 1. The molecule has 1 aromatic carbocycles. The molecule has 0 amide bonds. The summed E-state index contributed by atoms with van der Waals surface area (Å²) in [7, 11) is 0. The van der Waals surface area contributed by atoms with Gasteiger partial charge in [-0.1, -0.05) is 35.3 Å². The van der Waals surface area contributed by atoms with E-state index in [-0.39, 0.29) is 5.82 Å². The lowest BCUT2D eigenvalue weighted by Crippen LogP contribution is -2.03. The van der Waals surface area contributed by atoms with Crippen LogP contribution in [-0.2, 0) is 6.54 Å². The van der Waals surface area contributed by atoms with Crippen LogP contribution >= 0.6 is 23.2 Å². The van der Waals surface area contributed by atoms with Gasteiger partial charge in [0.15, 0.2) is 5.15 Å². The van der Waals surface area contributed by atoms with E-state index in [4.69, 9.17) is 23.2 Å². The Kier molecular flexibility index (Phi) is 4.27. The van der Waals surface area contributed by atoms with Crippen molar-refractivity contribution in [3.63, 3.8) is 0 Å². The van der Waals surface area contributed by atoms with Crippen LogP contribution in [-0.4, -0.2) is 4.98 Å². The first-order valence-corrected chi connectivity index (χ1v) is 6.54. The summed E-state index contributed by atoms with van der Waals surface area (Å²) in [6.45, 7) is 4.18. The molecular formula is C14H13Cl2FN2. The van der Waals surface area contributed by atoms with Crippen LogP contribution < -0.4 is 5.32 Å². The highest BCUT2D eigenvalue weighted by Gasteiger charge is 2.07.